The summed E-state index contributed by atoms with van der Waals surface area (Å²) < 4.78 is 1.60. The summed E-state index contributed by atoms with van der Waals surface area (Å²) in [7, 11) is 0. The third kappa shape index (κ3) is 4.05. The Morgan fingerprint density at radius 1 is 1.30 bits per heavy atom. The molecule has 0 nitrogen and oxygen atoms in total. The van der Waals surface area contributed by atoms with E-state index in [1.54, 1.807) is 28.0 Å². The monoisotopic (exact) mass is 229 g/mol. The van der Waals surface area contributed by atoms with Crippen LogP contribution in [0.15, 0.2) is 21.0 Å². The van der Waals surface area contributed by atoms with E-state index in [4.69, 9.17) is 0 Å². The van der Waals surface area contributed by atoms with Crippen LogP contribution in [0.1, 0.15) is 13.3 Å². The van der Waals surface area contributed by atoms with Crippen molar-refractivity contribution in [1.82, 2.24) is 0 Å². The first-order valence-electron chi connectivity index (χ1n) is 2.38. The molecule has 0 saturated heterocycles. The van der Waals surface area contributed by atoms with E-state index in [9.17, 15) is 0 Å². The summed E-state index contributed by atoms with van der Waals surface area (Å²) in [4.78, 5) is 0. The summed E-state index contributed by atoms with van der Waals surface area (Å²) in [5, 5.41) is 0. The third-order valence-electron chi connectivity index (χ3n) is 1.17. The molecule has 0 atom stereocenters. The molecule has 4 heteroatoms. The van der Waals surface area contributed by atoms with Crippen molar-refractivity contribution < 1.29 is 38.8 Å². The maximum atomic E-state index is 2.22. The maximum absolute atomic E-state index is 2.22. The molecule has 0 bridgehead atoms. The first-order valence-corrected chi connectivity index (χ1v) is 3.61. The maximum Gasteiger partial charge on any atom is -0.269 e. The first kappa shape index (κ1) is 16.6. The van der Waals surface area contributed by atoms with Gasteiger partial charge in [0, 0.05) is 0 Å². The predicted octanol–water partition coefficient (Wildman–Crippen LogP) is 2.22. The van der Waals surface area contributed by atoms with Crippen molar-refractivity contribution in [3.8, 4) is 0 Å². The van der Waals surface area contributed by atoms with Gasteiger partial charge < -0.3 is 0 Å². The van der Waals surface area contributed by atoms with Crippen LogP contribution in [0.2, 0.25) is 0 Å². The Morgan fingerprint density at radius 2 is 1.80 bits per heavy atom. The molecule has 0 aromatic heterocycles. The molecular weight excluding hydrogens is 220 g/mol. The van der Waals surface area contributed by atoms with Crippen LogP contribution in [0.4, 0.5) is 14.1 Å². The van der Waals surface area contributed by atoms with Gasteiger partial charge in [-0.1, -0.05) is 0 Å². The number of hydrogen-bond donors (Lipinski definition) is 0. The SMILES string of the molecule is CC1=[C]([Zr])CC=C1.F.F.F. The zero-order chi connectivity index (χ0) is 5.28. The third-order valence-corrected chi connectivity index (χ3v) is 2.64. The van der Waals surface area contributed by atoms with Gasteiger partial charge in [-0.2, -0.15) is 0 Å². The summed E-state index contributed by atoms with van der Waals surface area (Å²) in [5.74, 6) is 0. The van der Waals surface area contributed by atoms with Crippen molar-refractivity contribution >= 4 is 0 Å². The minimum atomic E-state index is 0. The Kier molecular flexibility index (Phi) is 12.1. The van der Waals surface area contributed by atoms with E-state index in [0.29, 0.717) is 0 Å². The fourth-order valence-corrected chi connectivity index (χ4v) is 1.11. The number of halogens is 3. The van der Waals surface area contributed by atoms with Crippen LogP contribution >= 0.6 is 0 Å². The van der Waals surface area contributed by atoms with Gasteiger partial charge in [-0.05, 0) is 0 Å². The van der Waals surface area contributed by atoms with Crippen LogP contribution in [0.3, 0.4) is 0 Å². The fourth-order valence-electron chi connectivity index (χ4n) is 0.615. The zero-order valence-corrected chi connectivity index (χ0v) is 8.04. The molecular formula is C6H10F3Zr. The number of rotatable bonds is 0. The molecule has 0 unspecified atom stereocenters. The van der Waals surface area contributed by atoms with Crippen LogP contribution in [-0.4, -0.2) is 0 Å². The van der Waals surface area contributed by atoms with Gasteiger partial charge in [0.2, 0.25) is 0 Å². The number of allylic oxidation sites excluding steroid dienone is 4. The second kappa shape index (κ2) is 7.26. The molecule has 0 amide bonds. The van der Waals surface area contributed by atoms with Gasteiger partial charge in [-0.15, -0.1) is 0 Å². The van der Waals surface area contributed by atoms with Gasteiger partial charge in [-0.3, -0.25) is 14.1 Å². The average molecular weight is 230 g/mol. The van der Waals surface area contributed by atoms with Crippen molar-refractivity contribution in [2.24, 2.45) is 0 Å². The van der Waals surface area contributed by atoms with E-state index in [1.165, 1.54) is 12.0 Å². The Bertz CT molecular complexity index is 140. The van der Waals surface area contributed by atoms with Gasteiger partial charge >= 0.3 is 59.1 Å². The van der Waals surface area contributed by atoms with Crippen molar-refractivity contribution in [3.05, 3.63) is 21.0 Å². The van der Waals surface area contributed by atoms with E-state index in [2.05, 4.69) is 19.1 Å². The molecule has 0 aromatic carbocycles. The largest absolute Gasteiger partial charge is 0.269 e. The van der Waals surface area contributed by atoms with E-state index >= 15 is 0 Å². The summed E-state index contributed by atoms with van der Waals surface area (Å²) >= 11 is 1.58. The molecule has 0 radical (unpaired) electrons. The van der Waals surface area contributed by atoms with Crippen LogP contribution in [-0.2, 0) is 24.7 Å². The normalized spacial score (nSPS) is 13.2. The van der Waals surface area contributed by atoms with Crippen molar-refractivity contribution in [1.29, 1.82) is 0 Å². The summed E-state index contributed by atoms with van der Waals surface area (Å²) in [5.41, 5.74) is 1.48. The van der Waals surface area contributed by atoms with Crippen LogP contribution < -0.4 is 0 Å². The molecule has 0 aromatic rings. The molecule has 1 aliphatic rings. The van der Waals surface area contributed by atoms with Gasteiger partial charge in [-0.25, -0.2) is 0 Å². The topological polar surface area (TPSA) is 0 Å². The van der Waals surface area contributed by atoms with Crippen molar-refractivity contribution in [2.75, 3.05) is 0 Å². The number of hydrogen-bond acceptors (Lipinski definition) is 0. The Labute approximate surface area is 73.3 Å². The minimum Gasteiger partial charge on any atom is -0.269 e. The van der Waals surface area contributed by atoms with E-state index in [0.717, 1.165) is 0 Å². The van der Waals surface area contributed by atoms with Gasteiger partial charge in [0.05, 0.1) is 0 Å². The molecule has 10 heavy (non-hydrogen) atoms. The molecule has 0 saturated carbocycles. The molecule has 1 aliphatic carbocycles. The summed E-state index contributed by atoms with van der Waals surface area (Å²) in [6.07, 6.45) is 5.63. The average Bonchev–Trinajstić information content (AvgIpc) is 1.91. The van der Waals surface area contributed by atoms with E-state index < -0.39 is 0 Å². The Balaban J connectivity index is -0.000000163. The minimum absolute atomic E-state index is 0. The molecule has 0 N–H and O–H groups in total. The van der Waals surface area contributed by atoms with Gasteiger partial charge in [0.15, 0.2) is 0 Å². The van der Waals surface area contributed by atoms with Crippen LogP contribution in [0.5, 0.6) is 0 Å². The molecule has 0 spiro atoms. The molecule has 59 valence electrons. The fraction of sp³-hybridized carbons (Fsp3) is 0.333. The van der Waals surface area contributed by atoms with Crippen LogP contribution in [0.25, 0.3) is 0 Å². The second-order valence-corrected chi connectivity index (χ2v) is 3.25. The van der Waals surface area contributed by atoms with Gasteiger partial charge in [0.1, 0.15) is 0 Å². The van der Waals surface area contributed by atoms with Crippen molar-refractivity contribution in [3.63, 3.8) is 0 Å². The molecule has 0 heterocycles. The Hall–Kier alpha value is 0.153. The summed E-state index contributed by atoms with van der Waals surface area (Å²) in [6.45, 7) is 2.17. The van der Waals surface area contributed by atoms with E-state index in [1.807, 2.05) is 0 Å². The van der Waals surface area contributed by atoms with E-state index in [-0.39, 0.29) is 14.1 Å². The van der Waals surface area contributed by atoms with Crippen molar-refractivity contribution in [2.45, 2.75) is 13.3 Å². The predicted molar refractivity (Wildman–Crippen MR) is 34.0 cm³/mol. The Morgan fingerprint density at radius 3 is 1.90 bits per heavy atom. The standard InChI is InChI=1S/C6H7.3FH.Zr/c1-6-4-2-3-5-6;;;;/h2,4H,3H2,1H3;3*1H;. The zero-order valence-electron chi connectivity index (χ0n) is 5.59. The first-order chi connectivity index (χ1) is 3.30. The van der Waals surface area contributed by atoms with Crippen LogP contribution in [0, 0.1) is 0 Å². The second-order valence-electron chi connectivity index (χ2n) is 1.77. The summed E-state index contributed by atoms with van der Waals surface area (Å²) in [6, 6.07) is 0. The molecule has 0 aliphatic heterocycles. The van der Waals surface area contributed by atoms with Gasteiger partial charge in [0.25, 0.3) is 0 Å². The smallest absolute Gasteiger partial charge is 0.269 e. The molecule has 1 rings (SSSR count). The quantitative estimate of drug-likeness (QED) is 0.598. The molecule has 0 fully saturated rings.